The van der Waals surface area contributed by atoms with Gasteiger partial charge >= 0.3 is 0 Å². The SMILES string of the molecule is O=C(Nc1ccc(CN2CCNCC2)cc1)c1cc(=O)c2ccccc2o1. The van der Waals surface area contributed by atoms with Crippen LogP contribution in [-0.4, -0.2) is 37.0 Å². The lowest BCUT2D eigenvalue weighted by molar-refractivity contribution is 0.0997. The van der Waals surface area contributed by atoms with Gasteiger partial charge in [0.1, 0.15) is 5.58 Å². The monoisotopic (exact) mass is 363 g/mol. The van der Waals surface area contributed by atoms with Crippen LogP contribution in [0.1, 0.15) is 16.1 Å². The lowest BCUT2D eigenvalue weighted by Crippen LogP contribution is -2.42. The van der Waals surface area contributed by atoms with Gasteiger partial charge in [-0.3, -0.25) is 14.5 Å². The predicted molar refractivity (Wildman–Crippen MR) is 105 cm³/mol. The van der Waals surface area contributed by atoms with Crippen LogP contribution < -0.4 is 16.1 Å². The van der Waals surface area contributed by atoms with Crippen molar-refractivity contribution in [3.8, 4) is 0 Å². The third-order valence-corrected chi connectivity index (χ3v) is 4.69. The number of piperazine rings is 1. The average Bonchev–Trinajstić information content (AvgIpc) is 2.70. The molecule has 1 fully saturated rings. The van der Waals surface area contributed by atoms with Crippen molar-refractivity contribution in [3.05, 3.63) is 76.1 Å². The van der Waals surface area contributed by atoms with Crippen molar-refractivity contribution in [2.45, 2.75) is 6.54 Å². The molecular weight excluding hydrogens is 342 g/mol. The predicted octanol–water partition coefficient (Wildman–Crippen LogP) is 2.45. The van der Waals surface area contributed by atoms with Crippen LogP contribution in [0.2, 0.25) is 0 Å². The molecule has 0 aliphatic carbocycles. The smallest absolute Gasteiger partial charge is 0.291 e. The van der Waals surface area contributed by atoms with E-state index >= 15 is 0 Å². The standard InChI is InChI=1S/C21H21N3O3/c25-18-13-20(27-19-4-2-1-3-17(18)19)21(26)23-16-7-5-15(6-8-16)14-24-11-9-22-10-12-24/h1-8,13,22H,9-12,14H2,(H,23,26). The summed E-state index contributed by atoms with van der Waals surface area (Å²) in [6.45, 7) is 5.02. The van der Waals surface area contributed by atoms with Gasteiger partial charge in [0.05, 0.1) is 5.39 Å². The fourth-order valence-corrected chi connectivity index (χ4v) is 3.23. The normalized spacial score (nSPS) is 15.0. The van der Waals surface area contributed by atoms with E-state index in [1.165, 1.54) is 11.6 Å². The van der Waals surface area contributed by atoms with Gasteiger partial charge in [0.2, 0.25) is 0 Å². The van der Waals surface area contributed by atoms with Crippen LogP contribution in [0.5, 0.6) is 0 Å². The van der Waals surface area contributed by atoms with Crippen molar-refractivity contribution in [2.75, 3.05) is 31.5 Å². The van der Waals surface area contributed by atoms with E-state index in [1.807, 2.05) is 24.3 Å². The number of amides is 1. The van der Waals surface area contributed by atoms with Crippen LogP contribution in [-0.2, 0) is 6.54 Å². The van der Waals surface area contributed by atoms with Gasteiger partial charge in [-0.25, -0.2) is 0 Å². The number of nitrogens with one attached hydrogen (secondary N) is 2. The summed E-state index contributed by atoms with van der Waals surface area (Å²) in [5.74, 6) is -0.434. The molecule has 0 radical (unpaired) electrons. The number of carbonyl (C=O) groups excluding carboxylic acids is 1. The maximum absolute atomic E-state index is 12.5. The molecule has 2 aromatic carbocycles. The summed E-state index contributed by atoms with van der Waals surface area (Å²) in [5, 5.41) is 6.59. The van der Waals surface area contributed by atoms with E-state index in [2.05, 4.69) is 15.5 Å². The molecule has 3 aromatic rings. The minimum atomic E-state index is -0.437. The molecule has 0 saturated carbocycles. The zero-order valence-corrected chi connectivity index (χ0v) is 14.9. The number of nitrogens with zero attached hydrogens (tertiary/aromatic N) is 1. The molecule has 0 spiro atoms. The minimum Gasteiger partial charge on any atom is -0.451 e. The maximum atomic E-state index is 12.5. The van der Waals surface area contributed by atoms with Crippen LogP contribution >= 0.6 is 0 Å². The first-order valence-corrected chi connectivity index (χ1v) is 9.05. The van der Waals surface area contributed by atoms with Crippen molar-refractivity contribution < 1.29 is 9.21 Å². The van der Waals surface area contributed by atoms with Gasteiger partial charge in [-0.05, 0) is 29.8 Å². The molecule has 27 heavy (non-hydrogen) atoms. The van der Waals surface area contributed by atoms with Crippen molar-refractivity contribution in [3.63, 3.8) is 0 Å². The van der Waals surface area contributed by atoms with E-state index in [1.54, 1.807) is 24.3 Å². The summed E-state index contributed by atoms with van der Waals surface area (Å²) < 4.78 is 5.58. The Morgan fingerprint density at radius 2 is 1.81 bits per heavy atom. The molecule has 1 aliphatic heterocycles. The highest BCUT2D eigenvalue weighted by molar-refractivity contribution is 6.02. The van der Waals surface area contributed by atoms with Crippen LogP contribution in [0.25, 0.3) is 11.0 Å². The van der Waals surface area contributed by atoms with Gasteiger partial charge in [0.15, 0.2) is 11.2 Å². The third-order valence-electron chi connectivity index (χ3n) is 4.69. The topological polar surface area (TPSA) is 74.6 Å². The first kappa shape index (κ1) is 17.5. The summed E-state index contributed by atoms with van der Waals surface area (Å²) in [4.78, 5) is 27.0. The Hall–Kier alpha value is -2.96. The summed E-state index contributed by atoms with van der Waals surface area (Å²) in [6, 6.07) is 15.9. The van der Waals surface area contributed by atoms with Gasteiger partial charge in [-0.1, -0.05) is 24.3 Å². The van der Waals surface area contributed by atoms with Gasteiger partial charge in [-0.2, -0.15) is 0 Å². The highest BCUT2D eigenvalue weighted by Gasteiger charge is 2.13. The summed E-state index contributed by atoms with van der Waals surface area (Å²) in [6.07, 6.45) is 0. The second-order valence-corrected chi connectivity index (χ2v) is 6.65. The van der Waals surface area contributed by atoms with Crippen molar-refractivity contribution in [2.24, 2.45) is 0 Å². The first-order valence-electron chi connectivity index (χ1n) is 9.05. The molecule has 6 nitrogen and oxygen atoms in total. The van der Waals surface area contributed by atoms with Gasteiger partial charge in [0.25, 0.3) is 5.91 Å². The second-order valence-electron chi connectivity index (χ2n) is 6.65. The lowest BCUT2D eigenvalue weighted by Gasteiger charge is -2.27. The van der Waals surface area contributed by atoms with E-state index < -0.39 is 5.91 Å². The van der Waals surface area contributed by atoms with E-state index in [0.29, 0.717) is 16.7 Å². The van der Waals surface area contributed by atoms with E-state index in [-0.39, 0.29) is 11.2 Å². The first-order chi connectivity index (χ1) is 13.2. The number of hydrogen-bond donors (Lipinski definition) is 2. The number of para-hydroxylation sites is 1. The number of benzene rings is 2. The zero-order valence-electron chi connectivity index (χ0n) is 14.9. The van der Waals surface area contributed by atoms with E-state index in [9.17, 15) is 9.59 Å². The Morgan fingerprint density at radius 3 is 2.59 bits per heavy atom. The largest absolute Gasteiger partial charge is 0.451 e. The van der Waals surface area contributed by atoms with Gasteiger partial charge in [0, 0.05) is 44.5 Å². The molecule has 0 unspecified atom stereocenters. The van der Waals surface area contributed by atoms with Crippen LogP contribution in [0.15, 0.2) is 63.8 Å². The summed E-state index contributed by atoms with van der Waals surface area (Å²) in [7, 11) is 0. The Bertz CT molecular complexity index is 1010. The van der Waals surface area contributed by atoms with Crippen molar-refractivity contribution in [1.29, 1.82) is 0 Å². The molecule has 6 heteroatoms. The maximum Gasteiger partial charge on any atom is 0.291 e. The molecule has 0 atom stereocenters. The average molecular weight is 363 g/mol. The Kier molecular flexibility index (Phi) is 5.00. The van der Waals surface area contributed by atoms with E-state index in [0.717, 1.165) is 32.7 Å². The molecule has 1 aromatic heterocycles. The molecule has 1 saturated heterocycles. The van der Waals surface area contributed by atoms with Crippen molar-refractivity contribution >= 4 is 22.6 Å². The van der Waals surface area contributed by atoms with Crippen LogP contribution in [0.3, 0.4) is 0 Å². The van der Waals surface area contributed by atoms with Crippen LogP contribution in [0, 0.1) is 0 Å². The molecule has 1 amide bonds. The highest BCUT2D eigenvalue weighted by atomic mass is 16.3. The fourth-order valence-electron chi connectivity index (χ4n) is 3.23. The van der Waals surface area contributed by atoms with Crippen molar-refractivity contribution in [1.82, 2.24) is 10.2 Å². The molecular formula is C21H21N3O3. The Balaban J connectivity index is 1.45. The quantitative estimate of drug-likeness (QED) is 0.745. The number of rotatable bonds is 4. The number of carbonyl (C=O) groups is 1. The molecule has 1 aliphatic rings. The molecule has 2 N–H and O–H groups in total. The third kappa shape index (κ3) is 4.07. The van der Waals surface area contributed by atoms with Gasteiger partial charge < -0.3 is 15.1 Å². The van der Waals surface area contributed by atoms with Crippen LogP contribution in [0.4, 0.5) is 5.69 Å². The van der Waals surface area contributed by atoms with E-state index in [4.69, 9.17) is 4.42 Å². The molecule has 4 rings (SSSR count). The second kappa shape index (κ2) is 7.73. The number of fused-ring (bicyclic) bond motifs is 1. The Labute approximate surface area is 156 Å². The van der Waals surface area contributed by atoms with Gasteiger partial charge in [-0.15, -0.1) is 0 Å². The molecule has 0 bridgehead atoms. The zero-order chi connectivity index (χ0) is 18.6. The molecule has 138 valence electrons. The Morgan fingerprint density at radius 1 is 1.07 bits per heavy atom. The fraction of sp³-hybridized carbons (Fsp3) is 0.238. The number of hydrogen-bond acceptors (Lipinski definition) is 5. The highest BCUT2D eigenvalue weighted by Crippen LogP contribution is 2.15. The minimum absolute atomic E-state index is 0.00333. The summed E-state index contributed by atoms with van der Waals surface area (Å²) >= 11 is 0. The lowest BCUT2D eigenvalue weighted by atomic mass is 10.1. The number of anilines is 1. The molecule has 2 heterocycles. The summed E-state index contributed by atoms with van der Waals surface area (Å²) in [5.41, 5.74) is 2.04.